The minimum Gasteiger partial charge on any atom is -0.494 e. The van der Waals surface area contributed by atoms with Crippen LogP contribution in [0.3, 0.4) is 0 Å². The van der Waals surface area contributed by atoms with E-state index < -0.39 is 23.6 Å². The molecule has 0 spiro atoms. The Kier molecular flexibility index (Phi) is 8.90. The van der Waals surface area contributed by atoms with Crippen LogP contribution in [0, 0.1) is 12.8 Å². The number of carboxylic acids is 1. The SMILES string of the molecule is CNc1c(N)cc(C(CC(=O)O)c2ccc(C)c(CN3C[C@@H](C)Cc4ccc(C(F)(F)F)cc4S3)c2)cc1OC. The average Bonchev–Trinajstić information content (AvgIpc) is 3.04. The van der Waals surface area contributed by atoms with Gasteiger partial charge in [0, 0.05) is 31.0 Å². The molecule has 0 amide bonds. The molecule has 3 aromatic rings. The number of nitrogens with one attached hydrogen (secondary N) is 1. The van der Waals surface area contributed by atoms with Crippen LogP contribution in [0.15, 0.2) is 53.4 Å². The van der Waals surface area contributed by atoms with Gasteiger partial charge in [-0.15, -0.1) is 0 Å². The number of alkyl halides is 3. The van der Waals surface area contributed by atoms with Gasteiger partial charge in [-0.25, -0.2) is 4.31 Å². The molecule has 214 valence electrons. The second-order valence-corrected chi connectivity index (χ2v) is 11.5. The van der Waals surface area contributed by atoms with E-state index in [4.69, 9.17) is 10.5 Å². The zero-order chi connectivity index (χ0) is 29.2. The van der Waals surface area contributed by atoms with Crippen molar-refractivity contribution in [1.29, 1.82) is 0 Å². The fraction of sp³-hybridized carbons (Fsp3) is 0.367. The Morgan fingerprint density at radius 1 is 1.20 bits per heavy atom. The topological polar surface area (TPSA) is 87.8 Å². The Labute approximate surface area is 236 Å². The van der Waals surface area contributed by atoms with Crippen LogP contribution in [0.4, 0.5) is 24.5 Å². The lowest BCUT2D eigenvalue weighted by atomic mass is 9.86. The molecule has 0 bridgehead atoms. The summed E-state index contributed by atoms with van der Waals surface area (Å²) in [5.41, 5.74) is 11.1. The van der Waals surface area contributed by atoms with E-state index in [1.54, 1.807) is 25.2 Å². The average molecular weight is 574 g/mol. The number of fused-ring (bicyclic) bond motifs is 1. The Balaban J connectivity index is 1.68. The number of benzene rings is 3. The molecule has 4 N–H and O–H groups in total. The number of rotatable bonds is 8. The van der Waals surface area contributed by atoms with Crippen LogP contribution >= 0.6 is 11.9 Å². The van der Waals surface area contributed by atoms with Crippen LogP contribution in [0.25, 0.3) is 0 Å². The van der Waals surface area contributed by atoms with E-state index in [0.717, 1.165) is 33.9 Å². The minimum absolute atomic E-state index is 0.146. The summed E-state index contributed by atoms with van der Waals surface area (Å²) in [5.74, 6) is -0.664. The van der Waals surface area contributed by atoms with E-state index in [0.29, 0.717) is 41.5 Å². The van der Waals surface area contributed by atoms with E-state index in [1.165, 1.54) is 25.1 Å². The van der Waals surface area contributed by atoms with E-state index in [1.807, 2.05) is 25.1 Å². The number of carboxylic acid groups (broad SMARTS) is 1. The van der Waals surface area contributed by atoms with Gasteiger partial charge in [0.15, 0.2) is 0 Å². The molecule has 1 aliphatic heterocycles. The number of aliphatic carboxylic acids is 1. The number of methoxy groups -OCH3 is 1. The van der Waals surface area contributed by atoms with Gasteiger partial charge in [-0.05, 0) is 83.3 Å². The first kappa shape index (κ1) is 29.6. The van der Waals surface area contributed by atoms with E-state index in [-0.39, 0.29) is 12.3 Å². The molecule has 1 unspecified atom stereocenters. The first-order valence-corrected chi connectivity index (χ1v) is 13.8. The second kappa shape index (κ2) is 12.0. The third kappa shape index (κ3) is 6.67. The number of nitrogens with two attached hydrogens (primary N) is 1. The Morgan fingerprint density at radius 2 is 1.95 bits per heavy atom. The van der Waals surface area contributed by atoms with Gasteiger partial charge in [-0.2, -0.15) is 13.2 Å². The van der Waals surface area contributed by atoms with Gasteiger partial charge >= 0.3 is 12.1 Å². The molecule has 2 atom stereocenters. The van der Waals surface area contributed by atoms with Crippen LogP contribution in [-0.2, 0) is 23.9 Å². The Morgan fingerprint density at radius 3 is 2.60 bits per heavy atom. The predicted octanol–water partition coefficient (Wildman–Crippen LogP) is 6.95. The summed E-state index contributed by atoms with van der Waals surface area (Å²) in [4.78, 5) is 12.5. The van der Waals surface area contributed by atoms with E-state index in [2.05, 4.69) is 16.5 Å². The molecule has 0 saturated heterocycles. The first-order chi connectivity index (χ1) is 18.9. The van der Waals surface area contributed by atoms with Crippen molar-refractivity contribution in [1.82, 2.24) is 4.31 Å². The third-order valence-electron chi connectivity index (χ3n) is 7.23. The summed E-state index contributed by atoms with van der Waals surface area (Å²) in [7, 11) is 3.27. The molecule has 4 rings (SSSR count). The fourth-order valence-corrected chi connectivity index (χ4v) is 6.46. The number of carbonyl (C=O) groups is 1. The van der Waals surface area contributed by atoms with Gasteiger partial charge in [0.05, 0.1) is 30.5 Å². The highest BCUT2D eigenvalue weighted by atomic mass is 32.2. The van der Waals surface area contributed by atoms with E-state index >= 15 is 0 Å². The van der Waals surface area contributed by atoms with Crippen molar-refractivity contribution in [3.63, 3.8) is 0 Å². The summed E-state index contributed by atoms with van der Waals surface area (Å²) in [6.45, 7) is 5.27. The lowest BCUT2D eigenvalue weighted by Gasteiger charge is -2.24. The monoisotopic (exact) mass is 573 g/mol. The van der Waals surface area contributed by atoms with Crippen molar-refractivity contribution in [3.8, 4) is 5.75 Å². The summed E-state index contributed by atoms with van der Waals surface area (Å²) in [5, 5.41) is 12.8. The molecule has 6 nitrogen and oxygen atoms in total. The molecular weight excluding hydrogens is 539 g/mol. The van der Waals surface area contributed by atoms with Crippen LogP contribution in [0.5, 0.6) is 5.75 Å². The Bertz CT molecular complexity index is 1400. The molecule has 1 heterocycles. The zero-order valence-electron chi connectivity index (χ0n) is 22.9. The normalized spacial score (nSPS) is 16.6. The van der Waals surface area contributed by atoms with Crippen LogP contribution in [0.2, 0.25) is 0 Å². The molecule has 3 aromatic carbocycles. The zero-order valence-corrected chi connectivity index (χ0v) is 23.7. The van der Waals surface area contributed by atoms with Crippen molar-refractivity contribution in [2.24, 2.45) is 5.92 Å². The maximum atomic E-state index is 13.4. The number of hydrogen-bond acceptors (Lipinski definition) is 6. The maximum absolute atomic E-state index is 13.4. The van der Waals surface area contributed by atoms with Crippen molar-refractivity contribution in [2.75, 3.05) is 31.8 Å². The van der Waals surface area contributed by atoms with Gasteiger partial charge in [-0.1, -0.05) is 31.2 Å². The number of halogens is 3. The number of nitrogens with zero attached hydrogens (tertiary/aromatic N) is 1. The molecule has 1 aliphatic rings. The van der Waals surface area contributed by atoms with Gasteiger partial charge in [0.1, 0.15) is 5.75 Å². The number of aryl methyl sites for hydroxylation is 1. The fourth-order valence-electron chi connectivity index (χ4n) is 5.21. The number of nitrogen functional groups attached to an aromatic ring is 1. The third-order valence-corrected chi connectivity index (χ3v) is 8.35. The highest BCUT2D eigenvalue weighted by molar-refractivity contribution is 7.97. The summed E-state index contributed by atoms with van der Waals surface area (Å²) < 4.78 is 47.8. The van der Waals surface area contributed by atoms with Crippen molar-refractivity contribution in [2.45, 2.75) is 50.2 Å². The van der Waals surface area contributed by atoms with Crippen molar-refractivity contribution < 1.29 is 27.8 Å². The summed E-state index contributed by atoms with van der Waals surface area (Å²) >= 11 is 1.35. The first-order valence-electron chi connectivity index (χ1n) is 13.0. The molecule has 40 heavy (non-hydrogen) atoms. The van der Waals surface area contributed by atoms with Gasteiger partial charge in [0.25, 0.3) is 0 Å². The molecule has 0 aromatic heterocycles. The molecule has 0 aliphatic carbocycles. The molecule has 0 saturated carbocycles. The van der Waals surface area contributed by atoms with Crippen molar-refractivity contribution >= 4 is 29.3 Å². The molecule has 0 radical (unpaired) electrons. The van der Waals surface area contributed by atoms with Crippen LogP contribution in [0.1, 0.15) is 52.6 Å². The highest BCUT2D eigenvalue weighted by Gasteiger charge is 2.32. The van der Waals surface area contributed by atoms with E-state index in [9.17, 15) is 23.1 Å². The highest BCUT2D eigenvalue weighted by Crippen LogP contribution is 2.40. The van der Waals surface area contributed by atoms with Gasteiger partial charge in [-0.3, -0.25) is 4.79 Å². The standard InChI is InChI=1S/C30H34F3N3O3S/c1-17-9-20-7-8-23(30(31,32)33)13-27(20)40-36(15-17)16-22-10-19(6-5-18(22)2)24(14-28(37)38)21-11-25(34)29(35-3)26(12-21)39-4/h5-8,10-13,17,24,35H,9,14-16,34H2,1-4H3,(H,37,38)/t17-,24?/m0/s1. The maximum Gasteiger partial charge on any atom is 0.416 e. The van der Waals surface area contributed by atoms with Crippen LogP contribution in [-0.4, -0.2) is 36.1 Å². The number of hydrogen-bond donors (Lipinski definition) is 3. The number of anilines is 2. The molecular formula is C30H34F3N3O3S. The number of ether oxygens (including phenoxy) is 1. The second-order valence-electron chi connectivity index (χ2n) is 10.3. The molecule has 10 heteroatoms. The summed E-state index contributed by atoms with van der Waals surface area (Å²) in [6, 6.07) is 13.4. The predicted molar refractivity (Wildman–Crippen MR) is 153 cm³/mol. The largest absolute Gasteiger partial charge is 0.494 e. The Hall–Kier alpha value is -3.37. The molecule has 0 fully saturated rings. The smallest absolute Gasteiger partial charge is 0.416 e. The summed E-state index contributed by atoms with van der Waals surface area (Å²) in [6.07, 6.45) is -3.85. The van der Waals surface area contributed by atoms with Crippen LogP contribution < -0.4 is 15.8 Å². The lowest BCUT2D eigenvalue weighted by Crippen LogP contribution is -2.21. The minimum atomic E-state index is -4.40. The lowest BCUT2D eigenvalue weighted by molar-refractivity contribution is -0.138. The van der Waals surface area contributed by atoms with Gasteiger partial charge in [0.2, 0.25) is 0 Å². The van der Waals surface area contributed by atoms with Crippen molar-refractivity contribution in [3.05, 3.63) is 81.9 Å². The van der Waals surface area contributed by atoms with Gasteiger partial charge < -0.3 is 20.9 Å². The quantitative estimate of drug-likeness (QED) is 0.198.